The van der Waals surface area contributed by atoms with Crippen LogP contribution in [0.3, 0.4) is 0 Å². The van der Waals surface area contributed by atoms with Crippen molar-refractivity contribution in [1.82, 2.24) is 10.4 Å². The van der Waals surface area contributed by atoms with Crippen molar-refractivity contribution in [2.24, 2.45) is 0 Å². The van der Waals surface area contributed by atoms with E-state index in [4.69, 9.17) is 0 Å². The highest BCUT2D eigenvalue weighted by Gasteiger charge is 1.98. The Morgan fingerprint density at radius 2 is 1.77 bits per heavy atom. The summed E-state index contributed by atoms with van der Waals surface area (Å²) >= 11 is 0. The van der Waals surface area contributed by atoms with Crippen LogP contribution in [0.15, 0.2) is 41.1 Å². The lowest BCUT2D eigenvalue weighted by atomic mass is 10.2. The summed E-state index contributed by atoms with van der Waals surface area (Å²) in [5, 5.41) is 7.14. The Bertz CT molecular complexity index is 316. The molecule has 13 heavy (non-hydrogen) atoms. The molecule has 68 valence electrons. The van der Waals surface area contributed by atoms with Gasteiger partial charge in [-0.25, -0.2) is 0 Å². The molecule has 1 aromatic heterocycles. The van der Waals surface area contributed by atoms with Gasteiger partial charge in [-0.15, -0.1) is 5.10 Å². The zero-order valence-electron chi connectivity index (χ0n) is 7.77. The van der Waals surface area contributed by atoms with Crippen molar-refractivity contribution in [1.29, 1.82) is 0 Å². The number of rotatable bonds is 1. The molecule has 1 aromatic carbocycles. The van der Waals surface area contributed by atoms with Crippen LogP contribution in [0.4, 0.5) is 0 Å². The third kappa shape index (κ3) is 2.40. The van der Waals surface area contributed by atoms with Gasteiger partial charge in [-0.2, -0.15) is 0 Å². The van der Waals surface area contributed by atoms with Gasteiger partial charge < -0.3 is 4.52 Å². The van der Waals surface area contributed by atoms with Gasteiger partial charge in [0.25, 0.3) is 0 Å². The standard InChI is InChI=1S/C8H6N2O.C2H6/c1-2-4-7(5-3-1)8-6-11-10-9-8;1-2/h1-6H;1-2H3. The molecule has 0 saturated heterocycles. The Morgan fingerprint density at radius 3 is 2.31 bits per heavy atom. The molecule has 0 saturated carbocycles. The maximum absolute atomic E-state index is 4.61. The van der Waals surface area contributed by atoms with E-state index in [9.17, 15) is 0 Å². The average molecular weight is 176 g/mol. The first-order valence-electron chi connectivity index (χ1n) is 4.29. The Kier molecular flexibility index (Phi) is 3.70. The third-order valence-electron chi connectivity index (χ3n) is 1.43. The summed E-state index contributed by atoms with van der Waals surface area (Å²) in [6, 6.07) is 9.77. The Hall–Kier alpha value is -1.64. The van der Waals surface area contributed by atoms with Crippen molar-refractivity contribution < 1.29 is 4.52 Å². The van der Waals surface area contributed by atoms with Crippen molar-refractivity contribution in [3.8, 4) is 11.3 Å². The summed E-state index contributed by atoms with van der Waals surface area (Å²) in [5.74, 6) is 0. The van der Waals surface area contributed by atoms with Gasteiger partial charge in [-0.1, -0.05) is 44.2 Å². The topological polar surface area (TPSA) is 38.9 Å². The van der Waals surface area contributed by atoms with Gasteiger partial charge in [0.1, 0.15) is 5.69 Å². The predicted octanol–water partition coefficient (Wildman–Crippen LogP) is 2.76. The molecule has 0 unspecified atom stereocenters. The molecule has 0 radical (unpaired) electrons. The van der Waals surface area contributed by atoms with E-state index in [0.29, 0.717) is 0 Å². The predicted molar refractivity (Wildman–Crippen MR) is 51.1 cm³/mol. The molecule has 0 aliphatic heterocycles. The van der Waals surface area contributed by atoms with Crippen LogP contribution in [0.25, 0.3) is 11.3 Å². The quantitative estimate of drug-likeness (QED) is 0.670. The molecule has 1 heterocycles. The van der Waals surface area contributed by atoms with Crippen molar-refractivity contribution in [2.75, 3.05) is 0 Å². The highest BCUT2D eigenvalue weighted by Crippen LogP contribution is 2.13. The first-order chi connectivity index (χ1) is 6.47. The first-order valence-corrected chi connectivity index (χ1v) is 4.29. The van der Waals surface area contributed by atoms with Crippen molar-refractivity contribution in [3.05, 3.63) is 36.6 Å². The van der Waals surface area contributed by atoms with E-state index in [-0.39, 0.29) is 0 Å². The maximum atomic E-state index is 4.61. The minimum Gasteiger partial charge on any atom is -0.345 e. The molecule has 0 atom stereocenters. The van der Waals surface area contributed by atoms with Crippen LogP contribution >= 0.6 is 0 Å². The van der Waals surface area contributed by atoms with E-state index in [0.717, 1.165) is 11.3 Å². The van der Waals surface area contributed by atoms with Crippen LogP contribution in [0.2, 0.25) is 0 Å². The fourth-order valence-corrected chi connectivity index (χ4v) is 0.899. The van der Waals surface area contributed by atoms with Crippen molar-refractivity contribution in [3.63, 3.8) is 0 Å². The molecule has 0 aliphatic rings. The van der Waals surface area contributed by atoms with Gasteiger partial charge in [0.05, 0.1) is 0 Å². The van der Waals surface area contributed by atoms with Crippen LogP contribution in [0.5, 0.6) is 0 Å². The molecule has 3 nitrogen and oxygen atoms in total. The third-order valence-corrected chi connectivity index (χ3v) is 1.43. The molecular weight excluding hydrogens is 164 g/mol. The van der Waals surface area contributed by atoms with Crippen LogP contribution in [-0.4, -0.2) is 10.4 Å². The number of benzene rings is 1. The lowest BCUT2D eigenvalue weighted by molar-refractivity contribution is 0.393. The smallest absolute Gasteiger partial charge is 0.152 e. The maximum Gasteiger partial charge on any atom is 0.152 e. The van der Waals surface area contributed by atoms with E-state index < -0.39 is 0 Å². The largest absolute Gasteiger partial charge is 0.345 e. The Balaban J connectivity index is 0.000000396. The molecule has 0 amide bonds. The SMILES string of the molecule is CC.c1ccc(-c2conn2)cc1. The second-order valence-electron chi connectivity index (χ2n) is 2.16. The molecule has 0 bridgehead atoms. The van der Waals surface area contributed by atoms with Crippen LogP contribution < -0.4 is 0 Å². The summed E-state index contributed by atoms with van der Waals surface area (Å²) in [5.41, 5.74) is 1.79. The summed E-state index contributed by atoms with van der Waals surface area (Å²) < 4.78 is 4.61. The highest BCUT2D eigenvalue weighted by atomic mass is 16.5. The fraction of sp³-hybridized carbons (Fsp3) is 0.200. The summed E-state index contributed by atoms with van der Waals surface area (Å²) in [4.78, 5) is 0. The van der Waals surface area contributed by atoms with Gasteiger partial charge in [0.2, 0.25) is 0 Å². The molecule has 0 fully saturated rings. The molecule has 3 heteroatoms. The second kappa shape index (κ2) is 5.09. The lowest BCUT2D eigenvalue weighted by Crippen LogP contribution is -1.75. The average Bonchev–Trinajstić information content (AvgIpc) is 2.75. The number of hydrogen-bond donors (Lipinski definition) is 0. The summed E-state index contributed by atoms with van der Waals surface area (Å²) in [6.45, 7) is 4.00. The van der Waals surface area contributed by atoms with Gasteiger partial charge in [0.15, 0.2) is 6.26 Å². The second-order valence-corrected chi connectivity index (χ2v) is 2.16. The van der Waals surface area contributed by atoms with Crippen LogP contribution in [-0.2, 0) is 0 Å². The number of hydrogen-bond acceptors (Lipinski definition) is 3. The zero-order valence-corrected chi connectivity index (χ0v) is 7.77. The number of nitrogens with zero attached hydrogens (tertiary/aromatic N) is 2. The van der Waals surface area contributed by atoms with Gasteiger partial charge in [-0.05, 0) is 0 Å². The monoisotopic (exact) mass is 176 g/mol. The molecule has 2 rings (SSSR count). The first kappa shape index (κ1) is 9.45. The number of aromatic nitrogens is 2. The minimum atomic E-state index is 0.769. The molecule has 0 spiro atoms. The van der Waals surface area contributed by atoms with Crippen molar-refractivity contribution >= 4 is 0 Å². The van der Waals surface area contributed by atoms with Gasteiger partial charge in [-0.3, -0.25) is 0 Å². The zero-order chi connectivity index (χ0) is 9.52. The molecular formula is C10H12N2O. The Labute approximate surface area is 77.4 Å². The molecule has 0 N–H and O–H groups in total. The van der Waals surface area contributed by atoms with Crippen LogP contribution in [0, 0.1) is 0 Å². The Morgan fingerprint density at radius 1 is 1.08 bits per heavy atom. The minimum absolute atomic E-state index is 0.769. The normalized spacial score (nSPS) is 8.77. The summed E-state index contributed by atoms with van der Waals surface area (Å²) in [6.07, 6.45) is 1.52. The van der Waals surface area contributed by atoms with Crippen LogP contribution in [0.1, 0.15) is 13.8 Å². The van der Waals surface area contributed by atoms with Gasteiger partial charge in [0, 0.05) is 10.8 Å². The van der Waals surface area contributed by atoms with E-state index >= 15 is 0 Å². The van der Waals surface area contributed by atoms with E-state index in [2.05, 4.69) is 14.9 Å². The highest BCUT2D eigenvalue weighted by molar-refractivity contribution is 5.56. The fourth-order valence-electron chi connectivity index (χ4n) is 0.899. The van der Waals surface area contributed by atoms with E-state index in [1.54, 1.807) is 0 Å². The van der Waals surface area contributed by atoms with E-state index in [1.165, 1.54) is 6.26 Å². The molecule has 0 aliphatic carbocycles. The summed E-state index contributed by atoms with van der Waals surface area (Å²) in [7, 11) is 0. The molecule has 2 aromatic rings. The van der Waals surface area contributed by atoms with Crippen molar-refractivity contribution in [2.45, 2.75) is 13.8 Å². The lowest BCUT2D eigenvalue weighted by Gasteiger charge is -1.89. The van der Waals surface area contributed by atoms with E-state index in [1.807, 2.05) is 44.2 Å². The van der Waals surface area contributed by atoms with Gasteiger partial charge >= 0.3 is 0 Å².